The lowest BCUT2D eigenvalue weighted by molar-refractivity contribution is 0.110. The highest BCUT2D eigenvalue weighted by molar-refractivity contribution is 14.0. The zero-order chi connectivity index (χ0) is 22.3. The monoisotopic (exact) mass is 557 g/mol. The molecule has 0 bridgehead atoms. The summed E-state index contributed by atoms with van der Waals surface area (Å²) in [5.41, 5.74) is 3.37. The molecule has 0 fully saturated rings. The molecule has 0 unspecified atom stereocenters. The summed E-state index contributed by atoms with van der Waals surface area (Å²) in [5, 5.41) is 6.69. The van der Waals surface area contributed by atoms with E-state index in [1.807, 2.05) is 31.2 Å². The normalized spacial score (nSPS) is 10.9. The number of ether oxygens (including phenoxy) is 4. The summed E-state index contributed by atoms with van der Waals surface area (Å²) in [6.45, 7) is 8.22. The van der Waals surface area contributed by atoms with Crippen molar-refractivity contribution in [2.24, 2.45) is 4.99 Å². The Labute approximate surface area is 208 Å². The molecule has 0 atom stereocenters. The van der Waals surface area contributed by atoms with Crippen molar-refractivity contribution >= 4 is 29.9 Å². The number of rotatable bonds is 13. The Bertz CT molecular complexity index is 800. The summed E-state index contributed by atoms with van der Waals surface area (Å²) in [6, 6.07) is 14.2. The number of nitrogens with zero attached hydrogens (tertiary/aromatic N) is 1. The van der Waals surface area contributed by atoms with Crippen LogP contribution < -0.4 is 20.1 Å². The van der Waals surface area contributed by atoms with Gasteiger partial charge in [0.1, 0.15) is 24.7 Å². The van der Waals surface area contributed by atoms with Crippen LogP contribution in [-0.2, 0) is 22.6 Å². The molecule has 178 valence electrons. The number of aliphatic imine (C=N–C) groups is 1. The zero-order valence-electron chi connectivity index (χ0n) is 19.5. The van der Waals surface area contributed by atoms with Crippen LogP contribution in [0, 0.1) is 6.92 Å². The van der Waals surface area contributed by atoms with E-state index in [1.54, 1.807) is 14.2 Å². The number of hydrogen-bond donors (Lipinski definition) is 2. The second-order valence-corrected chi connectivity index (χ2v) is 6.92. The molecule has 0 saturated heterocycles. The van der Waals surface area contributed by atoms with Gasteiger partial charge >= 0.3 is 0 Å². The Morgan fingerprint density at radius 2 is 1.62 bits per heavy atom. The van der Waals surface area contributed by atoms with Crippen LogP contribution >= 0.6 is 24.0 Å². The first kappa shape index (κ1) is 28.0. The van der Waals surface area contributed by atoms with Gasteiger partial charge < -0.3 is 29.6 Å². The summed E-state index contributed by atoms with van der Waals surface area (Å²) in [6.07, 6.45) is 0. The van der Waals surface area contributed by atoms with Crippen LogP contribution in [-0.4, -0.2) is 53.2 Å². The maximum atomic E-state index is 5.92. The highest BCUT2D eigenvalue weighted by Crippen LogP contribution is 2.20. The van der Waals surface area contributed by atoms with Crippen LogP contribution in [0.3, 0.4) is 0 Å². The third kappa shape index (κ3) is 10.5. The van der Waals surface area contributed by atoms with Crippen LogP contribution in [0.15, 0.2) is 47.5 Å². The molecular formula is C24H36IN3O4. The molecule has 0 spiro atoms. The largest absolute Gasteiger partial charge is 0.491 e. The molecule has 2 aromatic rings. The standard InChI is InChI=1S/C24H35N3O4.HI/c1-5-29-13-15-31-23-16-19(2)6-9-21(23)18-27-24(25-3)26-17-20-7-10-22(11-8-20)30-14-12-28-4;/h6-11,16H,5,12-15,17-18H2,1-4H3,(H2,25,26,27);1H. The second-order valence-electron chi connectivity index (χ2n) is 6.92. The fourth-order valence-electron chi connectivity index (χ4n) is 2.83. The highest BCUT2D eigenvalue weighted by Gasteiger charge is 2.06. The van der Waals surface area contributed by atoms with Gasteiger partial charge in [0.25, 0.3) is 0 Å². The molecule has 32 heavy (non-hydrogen) atoms. The Balaban J connectivity index is 0.00000512. The van der Waals surface area contributed by atoms with Crippen LogP contribution in [0.5, 0.6) is 11.5 Å². The molecule has 0 amide bonds. The van der Waals surface area contributed by atoms with Crippen molar-refractivity contribution in [3.63, 3.8) is 0 Å². The van der Waals surface area contributed by atoms with E-state index in [1.165, 1.54) is 0 Å². The average Bonchev–Trinajstić information content (AvgIpc) is 2.79. The van der Waals surface area contributed by atoms with Gasteiger partial charge in [-0.15, -0.1) is 24.0 Å². The lowest BCUT2D eigenvalue weighted by Crippen LogP contribution is -2.36. The lowest BCUT2D eigenvalue weighted by atomic mass is 10.1. The fraction of sp³-hybridized carbons (Fsp3) is 0.458. The van der Waals surface area contributed by atoms with Gasteiger partial charge in [0.15, 0.2) is 5.96 Å². The molecule has 0 aliphatic rings. The van der Waals surface area contributed by atoms with Gasteiger partial charge in [-0.25, -0.2) is 0 Å². The van der Waals surface area contributed by atoms with Crippen LogP contribution in [0.4, 0.5) is 0 Å². The number of methoxy groups -OCH3 is 1. The smallest absolute Gasteiger partial charge is 0.191 e. The fourth-order valence-corrected chi connectivity index (χ4v) is 2.83. The molecule has 0 heterocycles. The summed E-state index contributed by atoms with van der Waals surface area (Å²) >= 11 is 0. The SMILES string of the molecule is CCOCCOc1cc(C)ccc1CNC(=NC)NCc1ccc(OCCOC)cc1.I. The van der Waals surface area contributed by atoms with E-state index >= 15 is 0 Å². The van der Waals surface area contributed by atoms with Gasteiger partial charge in [0.05, 0.1) is 13.2 Å². The van der Waals surface area contributed by atoms with E-state index in [2.05, 4.69) is 40.7 Å². The molecule has 2 aromatic carbocycles. The first-order chi connectivity index (χ1) is 15.2. The summed E-state index contributed by atoms with van der Waals surface area (Å²) in [5.74, 6) is 2.42. The van der Waals surface area contributed by atoms with E-state index in [4.69, 9.17) is 18.9 Å². The number of benzene rings is 2. The van der Waals surface area contributed by atoms with Gasteiger partial charge in [-0.05, 0) is 43.2 Å². The lowest BCUT2D eigenvalue weighted by Gasteiger charge is -2.16. The summed E-state index contributed by atoms with van der Waals surface area (Å²) in [7, 11) is 3.42. The molecule has 0 saturated carbocycles. The molecule has 2 rings (SSSR count). The predicted octanol–water partition coefficient (Wildman–Crippen LogP) is 3.92. The van der Waals surface area contributed by atoms with Gasteiger partial charge in [-0.3, -0.25) is 4.99 Å². The minimum Gasteiger partial charge on any atom is -0.491 e. The molecule has 0 aromatic heterocycles. The maximum absolute atomic E-state index is 5.92. The van der Waals surface area contributed by atoms with Crippen LogP contribution in [0.2, 0.25) is 0 Å². The van der Waals surface area contributed by atoms with Crippen molar-refractivity contribution in [1.82, 2.24) is 10.6 Å². The predicted molar refractivity (Wildman–Crippen MR) is 139 cm³/mol. The van der Waals surface area contributed by atoms with E-state index in [0.29, 0.717) is 46.1 Å². The van der Waals surface area contributed by atoms with Gasteiger partial charge in [0.2, 0.25) is 0 Å². The first-order valence-corrected chi connectivity index (χ1v) is 10.6. The molecule has 0 aliphatic carbocycles. The number of halogens is 1. The number of hydrogen-bond acceptors (Lipinski definition) is 5. The molecule has 2 N–H and O–H groups in total. The number of aryl methyl sites for hydroxylation is 1. The van der Waals surface area contributed by atoms with E-state index in [0.717, 1.165) is 34.1 Å². The van der Waals surface area contributed by atoms with Crippen molar-refractivity contribution in [2.45, 2.75) is 26.9 Å². The molecular weight excluding hydrogens is 521 g/mol. The Hall–Kier alpha value is -2.04. The topological polar surface area (TPSA) is 73.3 Å². The van der Waals surface area contributed by atoms with Crippen molar-refractivity contribution in [3.8, 4) is 11.5 Å². The maximum Gasteiger partial charge on any atom is 0.191 e. The quantitative estimate of drug-likeness (QED) is 0.169. The average molecular weight is 557 g/mol. The minimum atomic E-state index is 0. The van der Waals surface area contributed by atoms with E-state index in [9.17, 15) is 0 Å². The third-order valence-electron chi connectivity index (χ3n) is 4.52. The van der Waals surface area contributed by atoms with Crippen molar-refractivity contribution < 1.29 is 18.9 Å². The Morgan fingerprint density at radius 1 is 0.906 bits per heavy atom. The minimum absolute atomic E-state index is 0. The summed E-state index contributed by atoms with van der Waals surface area (Å²) in [4.78, 5) is 4.31. The molecule has 0 radical (unpaired) electrons. The van der Waals surface area contributed by atoms with Gasteiger partial charge in [0, 0.05) is 39.4 Å². The second kappa shape index (κ2) is 16.6. The van der Waals surface area contributed by atoms with Crippen molar-refractivity contribution in [2.75, 3.05) is 47.2 Å². The van der Waals surface area contributed by atoms with Gasteiger partial charge in [-0.2, -0.15) is 0 Å². The van der Waals surface area contributed by atoms with Gasteiger partial charge in [-0.1, -0.05) is 24.3 Å². The zero-order valence-corrected chi connectivity index (χ0v) is 21.8. The van der Waals surface area contributed by atoms with Crippen molar-refractivity contribution in [1.29, 1.82) is 0 Å². The Morgan fingerprint density at radius 3 is 2.31 bits per heavy atom. The van der Waals surface area contributed by atoms with E-state index in [-0.39, 0.29) is 24.0 Å². The van der Waals surface area contributed by atoms with Crippen LogP contribution in [0.25, 0.3) is 0 Å². The Kier molecular flexibility index (Phi) is 14.5. The first-order valence-electron chi connectivity index (χ1n) is 10.6. The van der Waals surface area contributed by atoms with E-state index < -0.39 is 0 Å². The molecule has 7 nitrogen and oxygen atoms in total. The number of guanidine groups is 1. The molecule has 8 heteroatoms. The number of nitrogens with one attached hydrogen (secondary N) is 2. The van der Waals surface area contributed by atoms with Crippen LogP contribution in [0.1, 0.15) is 23.6 Å². The van der Waals surface area contributed by atoms with Crippen molar-refractivity contribution in [3.05, 3.63) is 59.2 Å². The third-order valence-corrected chi connectivity index (χ3v) is 4.52. The molecule has 0 aliphatic heterocycles. The summed E-state index contributed by atoms with van der Waals surface area (Å²) < 4.78 is 21.9. The highest BCUT2D eigenvalue weighted by atomic mass is 127.